The van der Waals surface area contributed by atoms with Crippen LogP contribution in [0.3, 0.4) is 0 Å². The minimum absolute atomic E-state index is 0.0914. The first-order valence-electron chi connectivity index (χ1n) is 42.5. The van der Waals surface area contributed by atoms with E-state index in [1.807, 2.05) is 224 Å². The summed E-state index contributed by atoms with van der Waals surface area (Å²) < 4.78 is 123. The summed E-state index contributed by atoms with van der Waals surface area (Å²) in [4.78, 5) is 4.09. The molecule has 0 amide bonds. The van der Waals surface area contributed by atoms with Crippen molar-refractivity contribution in [1.82, 2.24) is 9.13 Å². The normalized spacial score (nSPS) is 14.4. The van der Waals surface area contributed by atoms with Crippen LogP contribution >= 0.6 is 11.3 Å². The van der Waals surface area contributed by atoms with Crippen molar-refractivity contribution in [2.45, 2.75) is 78.6 Å². The summed E-state index contributed by atoms with van der Waals surface area (Å²) in [6.45, 7) is 17.4. The standard InChI is InChI=1S/C102H79BN4SSe/c1-100(2,3)66-50-75(62-30-14-10-15-31-62)98(76(51-66)63-32-16-11-17-33-63)106-89-56-69(104-85-42-26-22-38-71(85)79-58-81-73-40-24-28-44-93(73)108-94(81)60-87(79)104)46-48-83(89)103-84-49-47-70(105-86-43-27-23-39-72(86)80-59-82-74-41-25-29-45-95(74)109-96(82)61-88(80)105)57-90(84)107(92-55-68(102(7,8)9)54-91(106)97(92)103)99-77(64-34-18-12-19-35-64)52-67(101(4,5)6)53-78(99)65-36-20-13-21-37-65/h10-61H,1-9H3/i46D,47D,48D,49D,50D,51D,52D,53D,56D,57D. The van der Waals surface area contributed by atoms with E-state index in [0.29, 0.717) is 89.4 Å². The van der Waals surface area contributed by atoms with Gasteiger partial charge in [-0.05, 0) is 63.9 Å². The fourth-order valence-electron chi connectivity index (χ4n) is 17.0. The topological polar surface area (TPSA) is 16.3 Å². The fraction of sp³-hybridized carbons (Fsp3) is 0.118. The summed E-state index contributed by atoms with van der Waals surface area (Å²) in [6.07, 6.45) is 0. The Morgan fingerprint density at radius 3 is 1.17 bits per heavy atom. The van der Waals surface area contributed by atoms with Gasteiger partial charge in [0.1, 0.15) is 0 Å². The summed E-state index contributed by atoms with van der Waals surface area (Å²) in [5.74, 6) is 0. The summed E-state index contributed by atoms with van der Waals surface area (Å²) in [7, 11) is 0. The molecule has 0 aliphatic carbocycles. The smallest absolute Gasteiger partial charge is 0.0622 e. The maximum absolute atomic E-state index is 12.0. The Hall–Kier alpha value is -11.7. The summed E-state index contributed by atoms with van der Waals surface area (Å²) >= 11 is 1.57. The molecule has 0 bridgehead atoms. The molecule has 0 fully saturated rings. The van der Waals surface area contributed by atoms with Crippen molar-refractivity contribution in [3.8, 4) is 55.9 Å². The molecule has 15 aromatic carbocycles. The van der Waals surface area contributed by atoms with E-state index >= 15 is 0 Å². The Morgan fingerprint density at radius 1 is 0.312 bits per heavy atom. The molecule has 0 atom stereocenters. The molecule has 0 N–H and O–H groups in total. The molecule has 0 unspecified atom stereocenters. The molecule has 0 radical (unpaired) electrons. The van der Waals surface area contributed by atoms with E-state index in [-0.39, 0.29) is 109 Å². The number of rotatable bonds is 8. The number of hydrogen-bond acceptors (Lipinski definition) is 3. The number of thiophene rings is 1. The third-order valence-corrected chi connectivity index (χ3v) is 25.9. The Labute approximate surface area is 660 Å². The molecule has 0 spiro atoms. The van der Waals surface area contributed by atoms with E-state index in [2.05, 4.69) is 112 Å². The average Bonchev–Trinajstić information content (AvgIpc) is 1.26. The molecule has 0 saturated heterocycles. The molecule has 19 aromatic rings. The second-order valence-corrected chi connectivity index (χ2v) is 35.7. The van der Waals surface area contributed by atoms with Gasteiger partial charge in [-0.15, -0.1) is 11.3 Å². The van der Waals surface area contributed by atoms with Gasteiger partial charge < -0.3 is 4.57 Å². The molecule has 2 aliphatic heterocycles. The zero-order valence-corrected chi connectivity index (χ0v) is 64.5. The molecule has 4 aromatic heterocycles. The van der Waals surface area contributed by atoms with Crippen molar-refractivity contribution < 1.29 is 13.7 Å². The number of anilines is 6. The monoisotopic (exact) mass is 1490 g/mol. The second-order valence-electron chi connectivity index (χ2n) is 32.3. The van der Waals surface area contributed by atoms with Gasteiger partial charge in [-0.2, -0.15) is 0 Å². The van der Waals surface area contributed by atoms with Crippen molar-refractivity contribution in [2.75, 3.05) is 9.80 Å². The van der Waals surface area contributed by atoms with Gasteiger partial charge >= 0.3 is 320 Å². The molecule has 109 heavy (non-hydrogen) atoms. The van der Waals surface area contributed by atoms with E-state index in [0.717, 1.165) is 73.5 Å². The number of para-hydroxylation sites is 2. The van der Waals surface area contributed by atoms with Crippen LogP contribution < -0.4 is 26.2 Å². The van der Waals surface area contributed by atoms with Crippen molar-refractivity contribution in [1.29, 1.82) is 0 Å². The third-order valence-electron chi connectivity index (χ3n) is 22.3. The molecule has 21 rings (SSSR count). The van der Waals surface area contributed by atoms with Crippen molar-refractivity contribution in [3.05, 3.63) is 332 Å². The quantitative estimate of drug-likeness (QED) is 0.141. The van der Waals surface area contributed by atoms with E-state index in [9.17, 15) is 13.7 Å². The van der Waals surface area contributed by atoms with Crippen LogP contribution in [-0.2, 0) is 16.2 Å². The van der Waals surface area contributed by atoms with Gasteiger partial charge in [0, 0.05) is 47.8 Å². The molecular weight excluding hydrogens is 1400 g/mol. The van der Waals surface area contributed by atoms with Crippen LogP contribution in [0, 0.1) is 0 Å². The predicted molar refractivity (Wildman–Crippen MR) is 472 cm³/mol. The Bertz CT molecular complexity index is 7050. The minimum atomic E-state index is -1.34. The number of aromatic nitrogens is 2. The van der Waals surface area contributed by atoms with E-state index < -0.39 is 23.0 Å². The third kappa shape index (κ3) is 10.3. The molecule has 7 heteroatoms. The first kappa shape index (κ1) is 55.7. The van der Waals surface area contributed by atoms with E-state index in [1.165, 1.54) is 9.65 Å². The van der Waals surface area contributed by atoms with Gasteiger partial charge in [-0.1, -0.05) is 196 Å². The number of nitrogens with zero attached hydrogens (tertiary/aromatic N) is 4. The van der Waals surface area contributed by atoms with Crippen molar-refractivity contribution in [2.24, 2.45) is 0 Å². The van der Waals surface area contributed by atoms with Gasteiger partial charge in [0.05, 0.1) is 22.2 Å². The van der Waals surface area contributed by atoms with Gasteiger partial charge in [0.25, 0.3) is 0 Å². The van der Waals surface area contributed by atoms with Crippen LogP contribution in [0.5, 0.6) is 0 Å². The molecule has 6 heterocycles. The molecule has 4 nitrogen and oxygen atoms in total. The van der Waals surface area contributed by atoms with Crippen molar-refractivity contribution >= 4 is 166 Å². The molecule has 522 valence electrons. The Kier molecular flexibility index (Phi) is 12.5. The van der Waals surface area contributed by atoms with Crippen molar-refractivity contribution in [3.63, 3.8) is 0 Å². The minimum Gasteiger partial charge on any atom is -0.0622 e. The van der Waals surface area contributed by atoms with E-state index in [1.54, 1.807) is 11.3 Å². The number of hydrogen-bond donors (Lipinski definition) is 0. The summed E-state index contributed by atoms with van der Waals surface area (Å²) in [5, 5.41) is 8.07. The number of fused-ring (bicyclic) bond motifs is 16. The summed E-state index contributed by atoms with van der Waals surface area (Å²) in [5.41, 5.74) is 9.79. The molecule has 0 saturated carbocycles. The van der Waals surface area contributed by atoms with Crippen LogP contribution in [0.15, 0.2) is 315 Å². The maximum atomic E-state index is 12.0. The predicted octanol–water partition coefficient (Wildman–Crippen LogP) is 26.3. The van der Waals surface area contributed by atoms with Crippen LogP contribution in [0.4, 0.5) is 34.1 Å². The second kappa shape index (κ2) is 24.4. The van der Waals surface area contributed by atoms with Crippen LogP contribution in [0.25, 0.3) is 139 Å². The van der Waals surface area contributed by atoms with E-state index in [4.69, 9.17) is 0 Å². The fourth-order valence-corrected chi connectivity index (χ4v) is 20.5. The first-order valence-corrected chi connectivity index (χ1v) is 40.1. The van der Waals surface area contributed by atoms with Crippen LogP contribution in [0.1, 0.15) is 92.7 Å². The van der Waals surface area contributed by atoms with Gasteiger partial charge in [0.2, 0.25) is 0 Å². The summed E-state index contributed by atoms with van der Waals surface area (Å²) in [6, 6.07) is 84.6. The van der Waals surface area contributed by atoms with Gasteiger partial charge in [-0.25, -0.2) is 0 Å². The molecular formula is C102H79BN4SSe. The zero-order chi connectivity index (χ0) is 82.2. The van der Waals surface area contributed by atoms with Crippen LogP contribution in [0.2, 0.25) is 0 Å². The SMILES string of the molecule is [2H]c1c([2H])c(-n2c3ccccc3c3cc4c(cc32)sc2ccccc24)c([2H])c2c1B1c3c(cc(C(C)(C)C)cc3N(c3c(-c4ccccc4)c([2H])c(C(C)(C)C)c([2H])c3-c3ccccc3)c3c([2H])c(-n4c5ccccc5c5cc6c(cc54)[se]c4ccccc46)c([2H])c([2H])c31)N2c1c(-c2ccccc2)c([2H])c(C(C)(C)C)c([2H])c1-c1ccccc1. The zero-order valence-electron chi connectivity index (χ0n) is 71.9. The first-order chi connectivity index (χ1) is 57.2. The Morgan fingerprint density at radius 2 is 0.706 bits per heavy atom. The Balaban J connectivity index is 1.01. The van der Waals surface area contributed by atoms with Gasteiger partial charge in [0.15, 0.2) is 0 Å². The number of benzene rings is 15. The van der Waals surface area contributed by atoms with Crippen LogP contribution in [-0.4, -0.2) is 30.4 Å². The average molecular weight is 1490 g/mol. The van der Waals surface area contributed by atoms with Gasteiger partial charge in [-0.3, -0.25) is 0 Å². The molecule has 2 aliphatic rings.